The van der Waals surface area contributed by atoms with Gasteiger partial charge in [0.1, 0.15) is 5.70 Å². The van der Waals surface area contributed by atoms with Crippen molar-refractivity contribution in [2.75, 3.05) is 5.32 Å². The van der Waals surface area contributed by atoms with E-state index in [1.54, 1.807) is 52.9 Å². The summed E-state index contributed by atoms with van der Waals surface area (Å²) in [6, 6.07) is 33.4. The average molecular weight is 612 g/mol. The highest BCUT2D eigenvalue weighted by molar-refractivity contribution is 9.10. The highest BCUT2D eigenvalue weighted by Gasteiger charge is 2.16. The summed E-state index contributed by atoms with van der Waals surface area (Å²) in [5, 5.41) is 17.8. The van der Waals surface area contributed by atoms with Gasteiger partial charge in [-0.05, 0) is 76.7 Å². The molecule has 1 heterocycles. The van der Waals surface area contributed by atoms with Crippen LogP contribution in [0.4, 0.5) is 5.69 Å². The summed E-state index contributed by atoms with van der Waals surface area (Å²) < 4.78 is 2.56. The van der Waals surface area contributed by atoms with E-state index >= 15 is 0 Å². The second-order valence-corrected chi connectivity index (χ2v) is 10.5. The van der Waals surface area contributed by atoms with Crippen molar-refractivity contribution in [1.82, 2.24) is 25.5 Å². The molecule has 2 N–H and O–H groups in total. The fourth-order valence-electron chi connectivity index (χ4n) is 3.78. The Labute approximate surface area is 243 Å². The van der Waals surface area contributed by atoms with Gasteiger partial charge in [-0.15, -0.1) is 16.9 Å². The standard InChI is InChI=1S/C30H23BrN6O2S/c31-23-12-7-9-21(17-23)18-27(33-29(38)22-10-3-1-4-11-22)30(39)32-24-13-8-16-26(19-24)40-20-28-34-35-36-37(28)25-14-5-2-6-15-25/h1-19H,20H2,(H,32,39)(H,33,38)/b27-18+. The van der Waals surface area contributed by atoms with E-state index in [0.717, 1.165) is 20.6 Å². The number of aromatic nitrogens is 4. The number of thioether (sulfide) groups is 1. The molecule has 198 valence electrons. The van der Waals surface area contributed by atoms with E-state index in [1.807, 2.05) is 78.9 Å². The van der Waals surface area contributed by atoms with E-state index in [1.165, 1.54) is 0 Å². The number of tetrazole rings is 1. The fraction of sp³-hybridized carbons (Fsp3) is 0.0333. The molecule has 0 unspecified atom stereocenters. The number of amides is 2. The van der Waals surface area contributed by atoms with Crippen molar-refractivity contribution in [2.24, 2.45) is 0 Å². The van der Waals surface area contributed by atoms with Crippen molar-refractivity contribution >= 4 is 51.3 Å². The lowest BCUT2D eigenvalue weighted by molar-refractivity contribution is -0.113. The van der Waals surface area contributed by atoms with Crippen LogP contribution < -0.4 is 10.6 Å². The first-order valence-electron chi connectivity index (χ1n) is 12.3. The zero-order chi connectivity index (χ0) is 27.7. The van der Waals surface area contributed by atoms with Crippen LogP contribution in [0.15, 0.2) is 124 Å². The third-order valence-corrected chi connectivity index (χ3v) is 7.17. The van der Waals surface area contributed by atoms with Gasteiger partial charge in [0.25, 0.3) is 11.8 Å². The maximum absolute atomic E-state index is 13.4. The second-order valence-electron chi connectivity index (χ2n) is 8.55. The Morgan fingerprint density at radius 2 is 1.62 bits per heavy atom. The predicted molar refractivity (Wildman–Crippen MR) is 160 cm³/mol. The third-order valence-electron chi connectivity index (χ3n) is 5.68. The predicted octanol–water partition coefficient (Wildman–Crippen LogP) is 6.13. The molecule has 0 aliphatic rings. The lowest BCUT2D eigenvalue weighted by atomic mass is 10.1. The van der Waals surface area contributed by atoms with Crippen molar-refractivity contribution in [3.05, 3.63) is 136 Å². The number of halogens is 1. The molecule has 1 aromatic heterocycles. The summed E-state index contributed by atoms with van der Waals surface area (Å²) in [7, 11) is 0. The van der Waals surface area contributed by atoms with Gasteiger partial charge in [0, 0.05) is 20.6 Å². The van der Waals surface area contributed by atoms with E-state index in [2.05, 4.69) is 42.1 Å². The SMILES string of the molecule is O=C(Nc1cccc(SCc2nnnn2-c2ccccc2)c1)/C(=C\c1cccc(Br)c1)NC(=O)c1ccccc1. The molecule has 0 fully saturated rings. The molecule has 10 heteroatoms. The highest BCUT2D eigenvalue weighted by Crippen LogP contribution is 2.25. The van der Waals surface area contributed by atoms with Crippen LogP contribution in [0.3, 0.4) is 0 Å². The van der Waals surface area contributed by atoms with Gasteiger partial charge in [0.15, 0.2) is 5.82 Å². The number of para-hydroxylation sites is 1. The van der Waals surface area contributed by atoms with Crippen molar-refractivity contribution in [1.29, 1.82) is 0 Å². The Morgan fingerprint density at radius 1 is 0.875 bits per heavy atom. The van der Waals surface area contributed by atoms with Crippen LogP contribution in [0, 0.1) is 0 Å². The lowest BCUT2D eigenvalue weighted by Crippen LogP contribution is -2.30. The monoisotopic (exact) mass is 610 g/mol. The number of carbonyl (C=O) groups is 2. The van der Waals surface area contributed by atoms with Gasteiger partial charge in [-0.2, -0.15) is 4.68 Å². The van der Waals surface area contributed by atoms with Gasteiger partial charge in [-0.25, -0.2) is 0 Å². The van der Waals surface area contributed by atoms with E-state index in [9.17, 15) is 9.59 Å². The van der Waals surface area contributed by atoms with E-state index in [4.69, 9.17) is 0 Å². The number of rotatable bonds is 9. The van der Waals surface area contributed by atoms with E-state index < -0.39 is 5.91 Å². The van der Waals surface area contributed by atoms with Crippen LogP contribution in [0.1, 0.15) is 21.7 Å². The topological polar surface area (TPSA) is 102 Å². The number of hydrogen-bond donors (Lipinski definition) is 2. The normalized spacial score (nSPS) is 11.2. The molecule has 0 aliphatic heterocycles. The minimum atomic E-state index is -0.445. The molecule has 0 bridgehead atoms. The van der Waals surface area contributed by atoms with Crippen LogP contribution in [0.2, 0.25) is 0 Å². The number of carbonyl (C=O) groups excluding carboxylic acids is 2. The summed E-state index contributed by atoms with van der Waals surface area (Å²) in [6.45, 7) is 0. The minimum Gasteiger partial charge on any atom is -0.321 e. The van der Waals surface area contributed by atoms with Gasteiger partial charge in [-0.1, -0.05) is 70.5 Å². The van der Waals surface area contributed by atoms with Crippen LogP contribution in [-0.4, -0.2) is 32.0 Å². The summed E-state index contributed by atoms with van der Waals surface area (Å²) in [5.41, 5.74) is 2.80. The molecule has 0 spiro atoms. The van der Waals surface area contributed by atoms with Gasteiger partial charge in [0.2, 0.25) is 0 Å². The maximum atomic E-state index is 13.4. The van der Waals surface area contributed by atoms with Gasteiger partial charge >= 0.3 is 0 Å². The average Bonchev–Trinajstić information content (AvgIpc) is 3.46. The van der Waals surface area contributed by atoms with Crippen LogP contribution in [0.5, 0.6) is 0 Å². The third kappa shape index (κ3) is 7.10. The summed E-state index contributed by atoms with van der Waals surface area (Å²) in [6.07, 6.45) is 1.64. The molecule has 4 aromatic carbocycles. The molecular formula is C30H23BrN6O2S. The summed E-state index contributed by atoms with van der Waals surface area (Å²) >= 11 is 5.00. The number of nitrogens with one attached hydrogen (secondary N) is 2. The molecule has 0 aliphatic carbocycles. The zero-order valence-electron chi connectivity index (χ0n) is 21.1. The Balaban J connectivity index is 1.31. The molecule has 0 saturated heterocycles. The number of hydrogen-bond acceptors (Lipinski definition) is 6. The molecule has 40 heavy (non-hydrogen) atoms. The van der Waals surface area contributed by atoms with Crippen molar-refractivity contribution in [2.45, 2.75) is 10.6 Å². The van der Waals surface area contributed by atoms with Crippen molar-refractivity contribution in [3.63, 3.8) is 0 Å². The first-order valence-corrected chi connectivity index (χ1v) is 14.0. The number of benzene rings is 4. The minimum absolute atomic E-state index is 0.118. The second kappa shape index (κ2) is 13.0. The Morgan fingerprint density at radius 3 is 2.40 bits per heavy atom. The molecule has 0 saturated carbocycles. The van der Waals surface area contributed by atoms with Crippen molar-refractivity contribution in [3.8, 4) is 5.69 Å². The molecule has 0 radical (unpaired) electrons. The largest absolute Gasteiger partial charge is 0.321 e. The highest BCUT2D eigenvalue weighted by atomic mass is 79.9. The molecule has 2 amide bonds. The van der Waals surface area contributed by atoms with E-state index in [0.29, 0.717) is 22.8 Å². The molecule has 5 rings (SSSR count). The Bertz CT molecular complexity index is 1660. The smallest absolute Gasteiger partial charge is 0.272 e. The van der Waals surface area contributed by atoms with Gasteiger partial charge in [-0.3, -0.25) is 9.59 Å². The van der Waals surface area contributed by atoms with Crippen molar-refractivity contribution < 1.29 is 9.59 Å². The number of nitrogens with zero attached hydrogens (tertiary/aromatic N) is 4. The first-order chi connectivity index (χ1) is 19.5. The van der Waals surface area contributed by atoms with Crippen LogP contribution >= 0.6 is 27.7 Å². The lowest BCUT2D eigenvalue weighted by Gasteiger charge is -2.12. The number of anilines is 1. The molecule has 8 nitrogen and oxygen atoms in total. The molecule has 5 aromatic rings. The first kappa shape index (κ1) is 27.0. The Hall–Kier alpha value is -4.54. The summed E-state index contributed by atoms with van der Waals surface area (Å²) in [4.78, 5) is 27.2. The maximum Gasteiger partial charge on any atom is 0.272 e. The quantitative estimate of drug-likeness (QED) is 0.154. The van der Waals surface area contributed by atoms with Gasteiger partial charge < -0.3 is 10.6 Å². The summed E-state index contributed by atoms with van der Waals surface area (Å²) in [5.74, 6) is 0.408. The van der Waals surface area contributed by atoms with Crippen LogP contribution in [-0.2, 0) is 10.5 Å². The van der Waals surface area contributed by atoms with E-state index in [-0.39, 0.29) is 11.6 Å². The fourth-order valence-corrected chi connectivity index (χ4v) is 5.06. The van der Waals surface area contributed by atoms with Gasteiger partial charge in [0.05, 0.1) is 11.4 Å². The molecular weight excluding hydrogens is 588 g/mol. The molecule has 0 atom stereocenters. The van der Waals surface area contributed by atoms with Crippen LogP contribution in [0.25, 0.3) is 11.8 Å². The Kier molecular flexibility index (Phi) is 8.79. The zero-order valence-corrected chi connectivity index (χ0v) is 23.5.